The van der Waals surface area contributed by atoms with Crippen LogP contribution in [0.2, 0.25) is 0 Å². The molecule has 1 aromatic heterocycles. The summed E-state index contributed by atoms with van der Waals surface area (Å²) in [4.78, 5) is 24.6. The fraction of sp³-hybridized carbons (Fsp3) is 0.238. The summed E-state index contributed by atoms with van der Waals surface area (Å²) < 4.78 is 17.3. The third-order valence-electron chi connectivity index (χ3n) is 4.42. The van der Waals surface area contributed by atoms with Crippen LogP contribution < -0.4 is 25.1 Å². The van der Waals surface area contributed by atoms with Gasteiger partial charge in [0.2, 0.25) is 5.91 Å². The van der Waals surface area contributed by atoms with Crippen molar-refractivity contribution in [3.63, 3.8) is 0 Å². The first-order valence-electron chi connectivity index (χ1n) is 9.47. The van der Waals surface area contributed by atoms with E-state index in [1.807, 2.05) is 35.8 Å². The lowest BCUT2D eigenvalue weighted by molar-refractivity contribution is -0.119. The highest BCUT2D eigenvalue weighted by molar-refractivity contribution is 7.99. The highest BCUT2D eigenvalue weighted by Gasteiger charge is 2.15. The maximum atomic E-state index is 12.3. The average Bonchev–Trinajstić information content (AvgIpc) is 3.20. The lowest BCUT2D eigenvalue weighted by Crippen LogP contribution is -2.42. The average molecular weight is 458 g/mol. The third kappa shape index (κ3) is 5.30. The van der Waals surface area contributed by atoms with E-state index in [2.05, 4.69) is 21.0 Å². The van der Waals surface area contributed by atoms with Crippen molar-refractivity contribution >= 4 is 23.6 Å². The van der Waals surface area contributed by atoms with Crippen molar-refractivity contribution in [2.24, 2.45) is 0 Å². The zero-order valence-corrected chi connectivity index (χ0v) is 18.9. The van der Waals surface area contributed by atoms with Crippen LogP contribution in [0.4, 0.5) is 0 Å². The second-order valence-corrected chi connectivity index (χ2v) is 7.37. The predicted molar refractivity (Wildman–Crippen MR) is 119 cm³/mol. The van der Waals surface area contributed by atoms with Gasteiger partial charge < -0.3 is 14.2 Å². The van der Waals surface area contributed by atoms with Gasteiger partial charge in [-0.15, -0.1) is 10.2 Å². The fourth-order valence-electron chi connectivity index (χ4n) is 2.81. The molecular formula is C21H23N5O5S. The van der Waals surface area contributed by atoms with Crippen LogP contribution in [0, 0.1) is 6.92 Å². The Balaban J connectivity index is 1.58. The Bertz CT molecular complexity index is 1100. The highest BCUT2D eigenvalue weighted by atomic mass is 32.2. The van der Waals surface area contributed by atoms with Gasteiger partial charge >= 0.3 is 0 Å². The Morgan fingerprint density at radius 1 is 0.938 bits per heavy atom. The van der Waals surface area contributed by atoms with Gasteiger partial charge in [-0.3, -0.25) is 25.0 Å². The van der Waals surface area contributed by atoms with Crippen LogP contribution in [-0.4, -0.2) is 53.7 Å². The first kappa shape index (κ1) is 22.9. The Kier molecular flexibility index (Phi) is 7.55. The van der Waals surface area contributed by atoms with E-state index in [9.17, 15) is 9.59 Å². The quantitative estimate of drug-likeness (QED) is 0.390. The summed E-state index contributed by atoms with van der Waals surface area (Å²) >= 11 is 1.20. The summed E-state index contributed by atoms with van der Waals surface area (Å²) in [5, 5.41) is 8.78. The van der Waals surface area contributed by atoms with Crippen LogP contribution in [0.25, 0.3) is 5.69 Å². The maximum Gasteiger partial charge on any atom is 0.269 e. The van der Waals surface area contributed by atoms with Crippen molar-refractivity contribution in [2.75, 3.05) is 27.1 Å². The van der Waals surface area contributed by atoms with Gasteiger partial charge in [-0.05, 0) is 49.4 Å². The van der Waals surface area contributed by atoms with Gasteiger partial charge in [0.1, 0.15) is 11.6 Å². The summed E-state index contributed by atoms with van der Waals surface area (Å²) in [6.45, 7) is 1.82. The third-order valence-corrected chi connectivity index (χ3v) is 5.35. The van der Waals surface area contributed by atoms with Crippen LogP contribution in [0.1, 0.15) is 16.2 Å². The Hall–Kier alpha value is -3.73. The largest absolute Gasteiger partial charge is 0.497 e. The Morgan fingerprint density at radius 2 is 1.66 bits per heavy atom. The van der Waals surface area contributed by atoms with Crippen LogP contribution in [0.15, 0.2) is 47.6 Å². The van der Waals surface area contributed by atoms with Crippen molar-refractivity contribution in [1.82, 2.24) is 25.6 Å². The molecule has 32 heavy (non-hydrogen) atoms. The molecule has 10 nitrogen and oxygen atoms in total. The lowest BCUT2D eigenvalue weighted by Gasteiger charge is -2.11. The van der Waals surface area contributed by atoms with E-state index in [-0.39, 0.29) is 5.75 Å². The Labute approximate surface area is 189 Å². The predicted octanol–water partition coefficient (Wildman–Crippen LogP) is 2.15. The van der Waals surface area contributed by atoms with Gasteiger partial charge in [0.05, 0.1) is 27.1 Å². The minimum Gasteiger partial charge on any atom is -0.497 e. The number of rotatable bonds is 8. The first-order chi connectivity index (χ1) is 15.5. The zero-order chi connectivity index (χ0) is 23.1. The van der Waals surface area contributed by atoms with Crippen LogP contribution in [0.5, 0.6) is 17.2 Å². The van der Waals surface area contributed by atoms with E-state index < -0.39 is 11.8 Å². The molecule has 0 atom stereocenters. The van der Waals surface area contributed by atoms with E-state index in [1.54, 1.807) is 19.2 Å². The number of hydrogen-bond acceptors (Lipinski definition) is 8. The number of hydrogen-bond donors (Lipinski definition) is 2. The van der Waals surface area contributed by atoms with Gasteiger partial charge in [0.25, 0.3) is 5.91 Å². The molecule has 1 heterocycles. The van der Waals surface area contributed by atoms with E-state index in [1.165, 1.54) is 32.0 Å². The Morgan fingerprint density at radius 3 is 2.31 bits per heavy atom. The number of amides is 2. The molecule has 3 aromatic rings. The highest BCUT2D eigenvalue weighted by Crippen LogP contribution is 2.27. The molecule has 0 aliphatic heterocycles. The molecule has 168 valence electrons. The van der Waals surface area contributed by atoms with Crippen LogP contribution in [-0.2, 0) is 4.79 Å². The van der Waals surface area contributed by atoms with Crippen molar-refractivity contribution < 1.29 is 23.8 Å². The van der Waals surface area contributed by atoms with Crippen molar-refractivity contribution in [3.8, 4) is 22.9 Å². The number of methoxy groups -OCH3 is 3. The molecule has 0 bridgehead atoms. The molecule has 0 aliphatic rings. The molecule has 2 N–H and O–H groups in total. The number of carbonyl (C=O) groups is 2. The van der Waals surface area contributed by atoms with Gasteiger partial charge in [-0.25, -0.2) is 0 Å². The number of nitrogens with one attached hydrogen (secondary N) is 2. The molecule has 11 heteroatoms. The van der Waals surface area contributed by atoms with Crippen LogP contribution in [0.3, 0.4) is 0 Å². The lowest BCUT2D eigenvalue weighted by atomic mass is 10.2. The summed E-state index contributed by atoms with van der Waals surface area (Å²) in [5.74, 6) is 1.47. The number of aryl methyl sites for hydroxylation is 1. The van der Waals surface area contributed by atoms with Crippen molar-refractivity contribution in [1.29, 1.82) is 0 Å². The van der Waals surface area contributed by atoms with Crippen molar-refractivity contribution in [2.45, 2.75) is 12.1 Å². The number of aromatic nitrogens is 3. The molecule has 2 amide bonds. The molecule has 3 rings (SSSR count). The second-order valence-electron chi connectivity index (χ2n) is 6.42. The number of benzene rings is 2. The number of carbonyl (C=O) groups excluding carboxylic acids is 2. The molecular weight excluding hydrogens is 434 g/mol. The molecule has 0 radical (unpaired) electrons. The maximum absolute atomic E-state index is 12.3. The summed E-state index contributed by atoms with van der Waals surface area (Å²) in [6.07, 6.45) is 0. The van der Waals surface area contributed by atoms with E-state index in [0.717, 1.165) is 11.4 Å². The first-order valence-corrected chi connectivity index (χ1v) is 10.5. The minimum absolute atomic E-state index is 0.0283. The molecule has 2 aromatic carbocycles. The number of hydrazine groups is 1. The van der Waals surface area contributed by atoms with Gasteiger partial charge in [0.15, 0.2) is 16.7 Å². The molecule has 0 fully saturated rings. The molecule has 0 unspecified atom stereocenters. The van der Waals surface area contributed by atoms with Gasteiger partial charge in [-0.1, -0.05) is 11.8 Å². The number of thioether (sulfide) groups is 1. The van der Waals surface area contributed by atoms with E-state index in [4.69, 9.17) is 14.2 Å². The number of ether oxygens (including phenoxy) is 3. The van der Waals surface area contributed by atoms with Gasteiger partial charge in [0, 0.05) is 11.3 Å². The van der Waals surface area contributed by atoms with Crippen LogP contribution >= 0.6 is 11.8 Å². The SMILES string of the molecule is COc1ccc(-n2c(C)nnc2SCC(=O)NNC(=O)c2ccc(OC)c(OC)c2)cc1. The molecule has 0 saturated carbocycles. The summed E-state index contributed by atoms with van der Waals surface area (Å²) in [5.41, 5.74) is 5.93. The monoisotopic (exact) mass is 457 g/mol. The minimum atomic E-state index is -0.485. The number of nitrogens with zero attached hydrogens (tertiary/aromatic N) is 3. The van der Waals surface area contributed by atoms with Crippen molar-refractivity contribution in [3.05, 3.63) is 53.9 Å². The molecule has 0 aliphatic carbocycles. The zero-order valence-electron chi connectivity index (χ0n) is 18.0. The summed E-state index contributed by atoms with van der Waals surface area (Å²) in [7, 11) is 4.58. The van der Waals surface area contributed by atoms with E-state index in [0.29, 0.717) is 28.0 Å². The smallest absolute Gasteiger partial charge is 0.269 e. The fourth-order valence-corrected chi connectivity index (χ4v) is 3.60. The van der Waals surface area contributed by atoms with E-state index >= 15 is 0 Å². The van der Waals surface area contributed by atoms with Gasteiger partial charge in [-0.2, -0.15) is 0 Å². The topological polar surface area (TPSA) is 117 Å². The normalized spacial score (nSPS) is 10.4. The molecule has 0 saturated heterocycles. The standard InChI is InChI=1S/C21H23N5O5S/c1-13-22-25-21(26(13)15-6-8-16(29-2)9-7-15)32-12-19(27)23-24-20(28)14-5-10-17(30-3)18(11-14)31-4/h5-11H,12H2,1-4H3,(H,23,27)(H,24,28). The molecule has 0 spiro atoms. The second kappa shape index (κ2) is 10.5. The summed E-state index contributed by atoms with van der Waals surface area (Å²) in [6, 6.07) is 12.1.